The zero-order valence-electron chi connectivity index (χ0n) is 18.1. The lowest BCUT2D eigenvalue weighted by molar-refractivity contribution is 0.0926. The van der Waals surface area contributed by atoms with Gasteiger partial charge in [-0.2, -0.15) is 0 Å². The summed E-state index contributed by atoms with van der Waals surface area (Å²) in [6.45, 7) is 7.12. The van der Waals surface area contributed by atoms with Gasteiger partial charge in [-0.1, -0.05) is 13.8 Å². The van der Waals surface area contributed by atoms with E-state index in [0.717, 1.165) is 0 Å². The number of ether oxygens (including phenoxy) is 2. The molecule has 0 aliphatic carbocycles. The number of aromatic nitrogens is 1. The van der Waals surface area contributed by atoms with Crippen LogP contribution in [0.25, 0.3) is 0 Å². The van der Waals surface area contributed by atoms with E-state index in [2.05, 4.69) is 15.6 Å². The van der Waals surface area contributed by atoms with Crippen LogP contribution in [0.1, 0.15) is 36.3 Å². The third-order valence-corrected chi connectivity index (χ3v) is 5.50. The van der Waals surface area contributed by atoms with Crippen molar-refractivity contribution in [3.05, 3.63) is 40.3 Å². The van der Waals surface area contributed by atoms with Gasteiger partial charge in [-0.3, -0.25) is 4.79 Å². The van der Waals surface area contributed by atoms with Gasteiger partial charge in [0.25, 0.3) is 5.91 Å². The van der Waals surface area contributed by atoms with Gasteiger partial charge in [0.15, 0.2) is 0 Å². The molecule has 0 saturated heterocycles. The molecular formula is C21H30N4O4S. The zero-order valence-corrected chi connectivity index (χ0v) is 18.9. The van der Waals surface area contributed by atoms with Gasteiger partial charge in [-0.05, 0) is 37.1 Å². The fraction of sp³-hybridized carbons (Fsp3) is 0.476. The van der Waals surface area contributed by atoms with Crippen LogP contribution in [0, 0.1) is 5.92 Å². The molecule has 0 aliphatic rings. The van der Waals surface area contributed by atoms with E-state index in [1.54, 1.807) is 48.8 Å². The van der Waals surface area contributed by atoms with Crippen LogP contribution >= 0.6 is 11.3 Å². The number of methoxy groups -OCH3 is 2. The molecule has 1 unspecified atom stereocenters. The van der Waals surface area contributed by atoms with Gasteiger partial charge in [0.05, 0.1) is 20.3 Å². The van der Waals surface area contributed by atoms with Gasteiger partial charge in [0, 0.05) is 30.8 Å². The summed E-state index contributed by atoms with van der Waals surface area (Å²) >= 11 is 1.35. The predicted octanol–water partition coefficient (Wildman–Crippen LogP) is 3.61. The Morgan fingerprint density at radius 3 is 2.47 bits per heavy atom. The normalized spacial score (nSPS) is 11.8. The van der Waals surface area contributed by atoms with Crippen LogP contribution in [0.15, 0.2) is 29.6 Å². The van der Waals surface area contributed by atoms with Gasteiger partial charge in [-0.15, -0.1) is 11.3 Å². The van der Waals surface area contributed by atoms with E-state index >= 15 is 0 Å². The molecule has 30 heavy (non-hydrogen) atoms. The van der Waals surface area contributed by atoms with Crippen LogP contribution in [0.4, 0.5) is 10.5 Å². The SMILES string of the molecule is COCCN(Cc1nc(C(=O)NC(C)C(C)C)cs1)C(=O)Nc1ccc(OC)cc1. The minimum absolute atomic E-state index is 0.0520. The Kier molecular flexibility index (Phi) is 9.07. The van der Waals surface area contributed by atoms with Crippen LogP contribution in [-0.2, 0) is 11.3 Å². The third kappa shape index (κ3) is 7.00. The summed E-state index contributed by atoms with van der Waals surface area (Å²) in [6, 6.07) is 6.88. The number of carbonyl (C=O) groups excluding carboxylic acids is 2. The Balaban J connectivity index is 2.03. The van der Waals surface area contributed by atoms with Gasteiger partial charge in [0.2, 0.25) is 0 Å². The van der Waals surface area contributed by atoms with Crippen LogP contribution in [-0.4, -0.2) is 55.2 Å². The molecule has 1 atom stereocenters. The van der Waals surface area contributed by atoms with Crippen molar-refractivity contribution in [2.75, 3.05) is 32.7 Å². The van der Waals surface area contributed by atoms with Crippen molar-refractivity contribution in [2.45, 2.75) is 33.4 Å². The minimum atomic E-state index is -0.271. The second kappa shape index (κ2) is 11.5. The third-order valence-electron chi connectivity index (χ3n) is 4.66. The smallest absolute Gasteiger partial charge is 0.322 e. The van der Waals surface area contributed by atoms with E-state index in [0.29, 0.717) is 41.2 Å². The zero-order chi connectivity index (χ0) is 22.1. The molecule has 3 amide bonds. The van der Waals surface area contributed by atoms with Crippen molar-refractivity contribution in [3.63, 3.8) is 0 Å². The molecule has 0 fully saturated rings. The Morgan fingerprint density at radius 1 is 1.17 bits per heavy atom. The van der Waals surface area contributed by atoms with E-state index in [1.165, 1.54) is 11.3 Å². The first-order chi connectivity index (χ1) is 14.3. The average molecular weight is 435 g/mol. The Labute approximate surface area is 181 Å². The van der Waals surface area contributed by atoms with Gasteiger partial charge >= 0.3 is 6.03 Å². The molecule has 2 aromatic rings. The maximum atomic E-state index is 12.8. The quantitative estimate of drug-likeness (QED) is 0.596. The van der Waals surface area contributed by atoms with Crippen molar-refractivity contribution >= 4 is 29.0 Å². The molecule has 1 aromatic heterocycles. The average Bonchev–Trinajstić information content (AvgIpc) is 3.20. The van der Waals surface area contributed by atoms with Gasteiger partial charge in [0.1, 0.15) is 16.5 Å². The Hall–Kier alpha value is -2.65. The van der Waals surface area contributed by atoms with E-state index in [9.17, 15) is 9.59 Å². The number of benzene rings is 1. The maximum absolute atomic E-state index is 12.8. The van der Waals surface area contributed by atoms with E-state index in [-0.39, 0.29) is 24.5 Å². The van der Waals surface area contributed by atoms with Crippen molar-refractivity contribution in [1.82, 2.24) is 15.2 Å². The van der Waals surface area contributed by atoms with E-state index in [4.69, 9.17) is 9.47 Å². The fourth-order valence-corrected chi connectivity index (χ4v) is 3.22. The highest BCUT2D eigenvalue weighted by molar-refractivity contribution is 7.09. The molecule has 0 aliphatic heterocycles. The van der Waals surface area contributed by atoms with Gasteiger partial charge in [-0.25, -0.2) is 9.78 Å². The molecule has 1 aromatic carbocycles. The predicted molar refractivity (Wildman–Crippen MR) is 118 cm³/mol. The number of hydrogen-bond donors (Lipinski definition) is 2. The molecule has 0 radical (unpaired) electrons. The first-order valence-corrected chi connectivity index (χ1v) is 10.7. The molecule has 0 spiro atoms. The number of hydrogen-bond acceptors (Lipinski definition) is 6. The molecule has 1 heterocycles. The summed E-state index contributed by atoms with van der Waals surface area (Å²) in [7, 11) is 3.17. The number of nitrogens with zero attached hydrogens (tertiary/aromatic N) is 2. The van der Waals surface area contributed by atoms with E-state index < -0.39 is 0 Å². The number of nitrogens with one attached hydrogen (secondary N) is 2. The summed E-state index contributed by atoms with van der Waals surface area (Å²) in [5, 5.41) is 8.20. The maximum Gasteiger partial charge on any atom is 0.322 e. The largest absolute Gasteiger partial charge is 0.497 e. The lowest BCUT2D eigenvalue weighted by Gasteiger charge is -2.22. The van der Waals surface area contributed by atoms with Crippen LogP contribution in [0.3, 0.4) is 0 Å². The number of anilines is 1. The van der Waals surface area contributed by atoms with E-state index in [1.807, 2.05) is 20.8 Å². The molecule has 164 valence electrons. The summed E-state index contributed by atoms with van der Waals surface area (Å²) in [5.41, 5.74) is 1.02. The van der Waals surface area contributed by atoms with Crippen molar-refractivity contribution in [2.24, 2.45) is 5.92 Å². The topological polar surface area (TPSA) is 92.8 Å². The van der Waals surface area contributed by atoms with Crippen LogP contribution in [0.5, 0.6) is 5.75 Å². The molecule has 2 rings (SSSR count). The van der Waals surface area contributed by atoms with Crippen molar-refractivity contribution < 1.29 is 19.1 Å². The summed E-state index contributed by atoms with van der Waals surface area (Å²) in [5.74, 6) is 0.840. The van der Waals surface area contributed by atoms with Crippen LogP contribution in [0.2, 0.25) is 0 Å². The fourth-order valence-electron chi connectivity index (χ4n) is 2.43. The van der Waals surface area contributed by atoms with Gasteiger partial charge < -0.3 is 25.0 Å². The lowest BCUT2D eigenvalue weighted by Crippen LogP contribution is -2.37. The summed E-state index contributed by atoms with van der Waals surface area (Å²) in [6.07, 6.45) is 0. The number of rotatable bonds is 10. The number of thiazole rings is 1. The first-order valence-electron chi connectivity index (χ1n) is 9.78. The molecule has 8 nitrogen and oxygen atoms in total. The molecular weight excluding hydrogens is 404 g/mol. The monoisotopic (exact) mass is 434 g/mol. The standard InChI is InChI=1S/C21H30N4O4S/c1-14(2)15(3)22-20(26)18-13-30-19(24-18)12-25(10-11-28-4)21(27)23-16-6-8-17(29-5)9-7-16/h6-9,13-15H,10-12H2,1-5H3,(H,22,26)(H,23,27). The number of urea groups is 1. The summed E-state index contributed by atoms with van der Waals surface area (Å²) < 4.78 is 10.3. The molecule has 0 saturated carbocycles. The first kappa shape index (κ1) is 23.6. The van der Waals surface area contributed by atoms with Crippen LogP contribution < -0.4 is 15.4 Å². The van der Waals surface area contributed by atoms with Crippen molar-refractivity contribution in [3.8, 4) is 5.75 Å². The molecule has 9 heteroatoms. The van der Waals surface area contributed by atoms with Crippen molar-refractivity contribution in [1.29, 1.82) is 0 Å². The Morgan fingerprint density at radius 2 is 1.87 bits per heavy atom. The highest BCUT2D eigenvalue weighted by Gasteiger charge is 2.19. The minimum Gasteiger partial charge on any atom is -0.497 e. The second-order valence-electron chi connectivity index (χ2n) is 7.21. The molecule has 0 bridgehead atoms. The second-order valence-corrected chi connectivity index (χ2v) is 8.15. The summed E-state index contributed by atoms with van der Waals surface area (Å²) in [4.78, 5) is 31.1. The molecule has 2 N–H and O–H groups in total. The lowest BCUT2D eigenvalue weighted by atomic mass is 10.1. The number of amides is 3. The highest BCUT2D eigenvalue weighted by Crippen LogP contribution is 2.17. The number of carbonyl (C=O) groups is 2. The highest BCUT2D eigenvalue weighted by atomic mass is 32.1. The Bertz CT molecular complexity index is 823.